The number of benzene rings is 2. The molecule has 1 heterocycles. The predicted octanol–water partition coefficient (Wildman–Crippen LogP) is 4.07. The van der Waals surface area contributed by atoms with E-state index in [9.17, 15) is 9.90 Å². The van der Waals surface area contributed by atoms with Gasteiger partial charge in [0.05, 0.1) is 5.69 Å². The lowest BCUT2D eigenvalue weighted by Gasteiger charge is -2.02. The number of nitrogens with zero attached hydrogens (tertiary/aromatic N) is 1. The average molecular weight is 279 g/mol. The van der Waals surface area contributed by atoms with Crippen LogP contribution in [-0.4, -0.2) is 16.1 Å². The van der Waals surface area contributed by atoms with E-state index < -0.39 is 5.97 Å². The molecule has 0 aliphatic heterocycles. The Hall–Kier alpha value is -2.62. The van der Waals surface area contributed by atoms with Gasteiger partial charge in [-0.15, -0.1) is 0 Å². The molecule has 1 N–H and O–H groups in total. The third kappa shape index (κ3) is 2.00. The fraction of sp³-hybridized carbons (Fsp3) is 0.176. The van der Waals surface area contributed by atoms with Gasteiger partial charge in [0.25, 0.3) is 0 Å². The number of hydrogen-bond donors (Lipinski definition) is 1. The number of aromatic carboxylic acids is 1. The molecule has 1 saturated carbocycles. The van der Waals surface area contributed by atoms with Crippen molar-refractivity contribution < 1.29 is 14.3 Å². The van der Waals surface area contributed by atoms with Crippen molar-refractivity contribution in [3.8, 4) is 11.5 Å². The number of rotatable bonds is 3. The summed E-state index contributed by atoms with van der Waals surface area (Å²) in [6, 6.07) is 13.8. The third-order valence-electron chi connectivity index (χ3n) is 3.83. The Kier molecular flexibility index (Phi) is 2.57. The van der Waals surface area contributed by atoms with Crippen LogP contribution in [0.1, 0.15) is 35.0 Å². The minimum Gasteiger partial charge on any atom is -0.475 e. The van der Waals surface area contributed by atoms with E-state index in [1.54, 1.807) is 0 Å². The highest BCUT2D eigenvalue weighted by atomic mass is 16.4. The van der Waals surface area contributed by atoms with E-state index in [1.165, 1.54) is 0 Å². The molecule has 21 heavy (non-hydrogen) atoms. The first kappa shape index (κ1) is 12.1. The molecule has 4 rings (SSSR count). The molecular formula is C17H13NO3. The highest BCUT2D eigenvalue weighted by molar-refractivity contribution is 5.95. The highest BCUT2D eigenvalue weighted by Gasteiger charge is 2.33. The average Bonchev–Trinajstić information content (AvgIpc) is 3.25. The van der Waals surface area contributed by atoms with Crippen LogP contribution in [0.5, 0.6) is 0 Å². The molecule has 4 heteroatoms. The number of aromatic nitrogens is 1. The summed E-state index contributed by atoms with van der Waals surface area (Å²) in [4.78, 5) is 15.8. The van der Waals surface area contributed by atoms with Crippen molar-refractivity contribution in [2.45, 2.75) is 18.8 Å². The second-order valence-corrected chi connectivity index (χ2v) is 5.34. The van der Waals surface area contributed by atoms with E-state index in [0.29, 0.717) is 11.6 Å². The Morgan fingerprint density at radius 2 is 1.90 bits per heavy atom. The van der Waals surface area contributed by atoms with Crippen LogP contribution in [0, 0.1) is 0 Å². The molecule has 1 aliphatic carbocycles. The van der Waals surface area contributed by atoms with Crippen molar-refractivity contribution >= 4 is 16.7 Å². The van der Waals surface area contributed by atoms with Crippen LogP contribution in [0.4, 0.5) is 0 Å². The fourth-order valence-corrected chi connectivity index (χ4v) is 2.65. The molecule has 1 aromatic heterocycles. The van der Waals surface area contributed by atoms with Gasteiger partial charge in [0.15, 0.2) is 0 Å². The lowest BCUT2D eigenvalue weighted by molar-refractivity contribution is 0.0661. The molecule has 4 nitrogen and oxygen atoms in total. The van der Waals surface area contributed by atoms with Crippen LogP contribution >= 0.6 is 0 Å². The van der Waals surface area contributed by atoms with Gasteiger partial charge in [-0.2, -0.15) is 0 Å². The number of carbonyl (C=O) groups is 1. The summed E-state index contributed by atoms with van der Waals surface area (Å²) >= 11 is 0. The van der Waals surface area contributed by atoms with Crippen molar-refractivity contribution in [3.63, 3.8) is 0 Å². The second kappa shape index (κ2) is 4.45. The molecule has 0 spiro atoms. The Balaban J connectivity index is 1.93. The van der Waals surface area contributed by atoms with E-state index in [2.05, 4.69) is 4.98 Å². The van der Waals surface area contributed by atoms with Gasteiger partial charge in [0.1, 0.15) is 0 Å². The van der Waals surface area contributed by atoms with Crippen molar-refractivity contribution in [2.24, 2.45) is 0 Å². The molecule has 1 fully saturated rings. The Labute approximate surface area is 121 Å². The zero-order valence-electron chi connectivity index (χ0n) is 11.2. The number of fused-ring (bicyclic) bond motifs is 1. The van der Waals surface area contributed by atoms with Gasteiger partial charge in [-0.05, 0) is 29.7 Å². The van der Waals surface area contributed by atoms with Crippen molar-refractivity contribution in [2.75, 3.05) is 0 Å². The predicted molar refractivity (Wildman–Crippen MR) is 78.4 cm³/mol. The van der Waals surface area contributed by atoms with E-state index in [0.717, 1.165) is 29.2 Å². The van der Waals surface area contributed by atoms with Gasteiger partial charge >= 0.3 is 5.97 Å². The summed E-state index contributed by atoms with van der Waals surface area (Å²) in [6.45, 7) is 0. The first-order valence-electron chi connectivity index (χ1n) is 6.96. The van der Waals surface area contributed by atoms with Gasteiger partial charge in [-0.3, -0.25) is 0 Å². The lowest BCUT2D eigenvalue weighted by atomic mass is 10.0. The maximum absolute atomic E-state index is 11.3. The summed E-state index contributed by atoms with van der Waals surface area (Å²) in [5.74, 6) is -0.425. The number of hydrogen-bond acceptors (Lipinski definition) is 3. The SMILES string of the molecule is O=C(O)c1oc(-c2cccc3ccccc23)nc1C1CC1. The summed E-state index contributed by atoms with van der Waals surface area (Å²) in [7, 11) is 0. The molecule has 104 valence electrons. The standard InChI is InChI=1S/C17H13NO3/c19-17(20)15-14(11-8-9-11)18-16(21-15)13-7-3-5-10-4-1-2-6-12(10)13/h1-7,11H,8-9H2,(H,19,20). The van der Waals surface area contributed by atoms with E-state index in [-0.39, 0.29) is 11.7 Å². The molecule has 3 aromatic rings. The van der Waals surface area contributed by atoms with Crippen LogP contribution in [-0.2, 0) is 0 Å². The van der Waals surface area contributed by atoms with Crippen LogP contribution < -0.4 is 0 Å². The van der Waals surface area contributed by atoms with Crippen LogP contribution in [0.25, 0.3) is 22.2 Å². The molecule has 0 saturated heterocycles. The topological polar surface area (TPSA) is 63.3 Å². The maximum atomic E-state index is 11.3. The Morgan fingerprint density at radius 3 is 2.67 bits per heavy atom. The van der Waals surface area contributed by atoms with Crippen LogP contribution in [0.2, 0.25) is 0 Å². The van der Waals surface area contributed by atoms with Crippen LogP contribution in [0.15, 0.2) is 46.9 Å². The van der Waals surface area contributed by atoms with Gasteiger partial charge in [0.2, 0.25) is 11.7 Å². The van der Waals surface area contributed by atoms with Crippen molar-refractivity contribution in [1.82, 2.24) is 4.98 Å². The second-order valence-electron chi connectivity index (χ2n) is 5.34. The summed E-state index contributed by atoms with van der Waals surface area (Å²) < 4.78 is 5.56. The van der Waals surface area contributed by atoms with E-state index >= 15 is 0 Å². The molecule has 0 atom stereocenters. The minimum absolute atomic E-state index is 0.0135. The quantitative estimate of drug-likeness (QED) is 0.785. The van der Waals surface area contributed by atoms with Gasteiger partial charge < -0.3 is 9.52 Å². The molecule has 0 unspecified atom stereocenters. The Bertz CT molecular complexity index is 841. The van der Waals surface area contributed by atoms with Crippen molar-refractivity contribution in [3.05, 3.63) is 53.9 Å². The first-order chi connectivity index (χ1) is 10.2. The Morgan fingerprint density at radius 1 is 1.14 bits per heavy atom. The molecule has 0 radical (unpaired) electrons. The monoisotopic (exact) mass is 279 g/mol. The number of carboxylic acids is 1. The summed E-state index contributed by atoms with van der Waals surface area (Å²) in [5.41, 5.74) is 1.42. The van der Waals surface area contributed by atoms with Gasteiger partial charge in [0, 0.05) is 11.5 Å². The lowest BCUT2D eigenvalue weighted by Crippen LogP contribution is -1.98. The summed E-state index contributed by atoms with van der Waals surface area (Å²) in [6.07, 6.45) is 1.98. The zero-order valence-corrected chi connectivity index (χ0v) is 11.2. The maximum Gasteiger partial charge on any atom is 0.373 e. The zero-order chi connectivity index (χ0) is 14.4. The summed E-state index contributed by atoms with van der Waals surface area (Å²) in [5, 5.41) is 11.4. The number of carboxylic acid groups (broad SMARTS) is 1. The smallest absolute Gasteiger partial charge is 0.373 e. The molecule has 2 aromatic carbocycles. The number of oxazole rings is 1. The fourth-order valence-electron chi connectivity index (χ4n) is 2.65. The van der Waals surface area contributed by atoms with E-state index in [4.69, 9.17) is 4.42 Å². The molecule has 0 bridgehead atoms. The minimum atomic E-state index is -1.05. The third-order valence-corrected chi connectivity index (χ3v) is 3.83. The molecule has 0 amide bonds. The first-order valence-corrected chi connectivity index (χ1v) is 6.96. The van der Waals surface area contributed by atoms with Crippen LogP contribution in [0.3, 0.4) is 0 Å². The molecular weight excluding hydrogens is 266 g/mol. The van der Waals surface area contributed by atoms with E-state index in [1.807, 2.05) is 42.5 Å². The largest absolute Gasteiger partial charge is 0.475 e. The van der Waals surface area contributed by atoms with Gasteiger partial charge in [-0.25, -0.2) is 9.78 Å². The van der Waals surface area contributed by atoms with Gasteiger partial charge in [-0.1, -0.05) is 36.4 Å². The molecule has 1 aliphatic rings. The normalized spacial score (nSPS) is 14.5. The highest BCUT2D eigenvalue weighted by Crippen LogP contribution is 2.42. The van der Waals surface area contributed by atoms with Crippen molar-refractivity contribution in [1.29, 1.82) is 0 Å².